The van der Waals surface area contributed by atoms with Gasteiger partial charge in [0.05, 0.1) is 12.4 Å². The van der Waals surface area contributed by atoms with E-state index >= 15 is 0 Å². The average Bonchev–Trinajstić information content (AvgIpc) is 2.62. The summed E-state index contributed by atoms with van der Waals surface area (Å²) < 4.78 is 5.63. The molecular weight excluding hydrogens is 330 g/mol. The second-order valence-corrected chi connectivity index (χ2v) is 6.96. The normalized spacial score (nSPS) is 10.5. The first-order valence-electron chi connectivity index (χ1n) is 8.79. The van der Waals surface area contributed by atoms with E-state index in [1.807, 2.05) is 25.1 Å². The minimum Gasteiger partial charge on any atom is -0.494 e. The summed E-state index contributed by atoms with van der Waals surface area (Å²) in [7, 11) is 0. The summed E-state index contributed by atoms with van der Waals surface area (Å²) in [5.74, 6) is 2.43. The first kappa shape index (κ1) is 19.4. The fourth-order valence-electron chi connectivity index (χ4n) is 2.51. The quantitative estimate of drug-likeness (QED) is 0.642. The van der Waals surface area contributed by atoms with Gasteiger partial charge in [-0.1, -0.05) is 48.0 Å². The third-order valence-corrected chi connectivity index (χ3v) is 4.84. The maximum Gasteiger partial charge on any atom is 0.230 e. The number of aryl methyl sites for hydroxylation is 2. The van der Waals surface area contributed by atoms with Crippen LogP contribution in [0.4, 0.5) is 0 Å². The molecule has 0 radical (unpaired) electrons. The fourth-order valence-corrected chi connectivity index (χ4v) is 3.33. The van der Waals surface area contributed by atoms with Crippen LogP contribution in [0, 0.1) is 6.92 Å². The molecule has 3 nitrogen and oxygen atoms in total. The summed E-state index contributed by atoms with van der Waals surface area (Å²) in [4.78, 5) is 11.9. The highest BCUT2D eigenvalue weighted by Gasteiger charge is 2.04. The van der Waals surface area contributed by atoms with Crippen LogP contribution in [0.3, 0.4) is 0 Å². The van der Waals surface area contributed by atoms with Gasteiger partial charge < -0.3 is 10.1 Å². The highest BCUT2D eigenvalue weighted by Crippen LogP contribution is 2.19. The molecule has 0 spiro atoms. The minimum absolute atomic E-state index is 0.107. The largest absolute Gasteiger partial charge is 0.494 e. The molecule has 0 aliphatic heterocycles. The fraction of sp³-hybridized carbons (Fsp3) is 0.381. The number of nitrogens with one attached hydrogen (secondary N) is 1. The Labute approximate surface area is 155 Å². The number of thioether (sulfide) groups is 1. The molecule has 0 saturated carbocycles. The molecule has 0 heterocycles. The number of hydrogen-bond donors (Lipinski definition) is 1. The Hall–Kier alpha value is -1.94. The number of hydrogen-bond acceptors (Lipinski definition) is 3. The molecule has 134 valence electrons. The van der Waals surface area contributed by atoms with E-state index in [1.165, 1.54) is 16.7 Å². The molecule has 2 aromatic carbocycles. The van der Waals surface area contributed by atoms with Gasteiger partial charge in [0.1, 0.15) is 5.75 Å². The van der Waals surface area contributed by atoms with Crippen LogP contribution in [-0.4, -0.2) is 24.8 Å². The number of rotatable bonds is 10. The van der Waals surface area contributed by atoms with Crippen LogP contribution in [0.25, 0.3) is 0 Å². The van der Waals surface area contributed by atoms with Crippen molar-refractivity contribution in [3.05, 3.63) is 65.2 Å². The Kier molecular flexibility index (Phi) is 8.40. The number of carbonyl (C=O) groups excluding carboxylic acids is 1. The first-order chi connectivity index (χ1) is 12.2. The van der Waals surface area contributed by atoms with E-state index in [4.69, 9.17) is 4.74 Å². The van der Waals surface area contributed by atoms with Gasteiger partial charge in [-0.15, -0.1) is 11.8 Å². The van der Waals surface area contributed by atoms with Gasteiger partial charge in [0.2, 0.25) is 5.91 Å². The van der Waals surface area contributed by atoms with Crippen LogP contribution in [0.2, 0.25) is 0 Å². The van der Waals surface area contributed by atoms with E-state index in [-0.39, 0.29) is 5.91 Å². The predicted octanol–water partition coefficient (Wildman–Crippen LogP) is 4.38. The Morgan fingerprint density at radius 2 is 1.88 bits per heavy atom. The van der Waals surface area contributed by atoms with Crippen molar-refractivity contribution in [2.45, 2.75) is 32.4 Å². The van der Waals surface area contributed by atoms with Gasteiger partial charge in [-0.05, 0) is 43.9 Å². The number of amides is 1. The Morgan fingerprint density at radius 1 is 1.12 bits per heavy atom. The Morgan fingerprint density at radius 3 is 2.64 bits per heavy atom. The molecule has 0 bridgehead atoms. The lowest BCUT2D eigenvalue weighted by Crippen LogP contribution is -2.26. The van der Waals surface area contributed by atoms with Crippen LogP contribution in [0.15, 0.2) is 48.5 Å². The zero-order chi connectivity index (χ0) is 17.9. The monoisotopic (exact) mass is 357 g/mol. The van der Waals surface area contributed by atoms with Crippen molar-refractivity contribution in [2.75, 3.05) is 18.9 Å². The van der Waals surface area contributed by atoms with Gasteiger partial charge in [-0.2, -0.15) is 0 Å². The molecule has 2 aromatic rings. The van der Waals surface area contributed by atoms with Crippen molar-refractivity contribution < 1.29 is 9.53 Å². The van der Waals surface area contributed by atoms with Gasteiger partial charge >= 0.3 is 0 Å². The molecular formula is C21H27NO2S. The van der Waals surface area contributed by atoms with Gasteiger partial charge in [0.15, 0.2) is 0 Å². The van der Waals surface area contributed by atoms with E-state index < -0.39 is 0 Å². The zero-order valence-corrected chi connectivity index (χ0v) is 15.9. The van der Waals surface area contributed by atoms with Crippen LogP contribution >= 0.6 is 11.8 Å². The summed E-state index contributed by atoms with van der Waals surface area (Å²) in [6.45, 7) is 5.44. The Bertz CT molecular complexity index is 655. The molecule has 0 atom stereocenters. The van der Waals surface area contributed by atoms with Gasteiger partial charge in [-0.3, -0.25) is 4.79 Å². The zero-order valence-electron chi connectivity index (χ0n) is 15.1. The molecule has 1 N–H and O–H groups in total. The van der Waals surface area contributed by atoms with Crippen molar-refractivity contribution in [3.8, 4) is 5.75 Å². The molecule has 0 fully saturated rings. The summed E-state index contributed by atoms with van der Waals surface area (Å²) in [5, 5.41) is 3.00. The number of carbonyl (C=O) groups is 1. The lowest BCUT2D eigenvalue weighted by atomic mass is 10.1. The van der Waals surface area contributed by atoms with Crippen molar-refractivity contribution in [2.24, 2.45) is 0 Å². The van der Waals surface area contributed by atoms with E-state index in [9.17, 15) is 4.79 Å². The molecule has 1 amide bonds. The maximum atomic E-state index is 11.9. The van der Waals surface area contributed by atoms with Crippen LogP contribution in [0.5, 0.6) is 5.75 Å². The van der Waals surface area contributed by atoms with E-state index in [0.29, 0.717) is 18.9 Å². The average molecular weight is 358 g/mol. The molecule has 4 heteroatoms. The number of ether oxygens (including phenoxy) is 1. The molecule has 0 unspecified atom stereocenters. The molecule has 0 aliphatic rings. The molecule has 25 heavy (non-hydrogen) atoms. The lowest BCUT2D eigenvalue weighted by molar-refractivity contribution is -0.118. The number of para-hydroxylation sites is 1. The minimum atomic E-state index is 0.107. The highest BCUT2D eigenvalue weighted by molar-refractivity contribution is 7.99. The van der Waals surface area contributed by atoms with Crippen molar-refractivity contribution in [1.82, 2.24) is 5.32 Å². The molecule has 2 rings (SSSR count). The van der Waals surface area contributed by atoms with Crippen LogP contribution < -0.4 is 10.1 Å². The van der Waals surface area contributed by atoms with E-state index in [2.05, 4.69) is 42.6 Å². The van der Waals surface area contributed by atoms with Gasteiger partial charge in [0.25, 0.3) is 0 Å². The summed E-state index contributed by atoms with van der Waals surface area (Å²) >= 11 is 1.65. The lowest BCUT2D eigenvalue weighted by Gasteiger charge is -2.10. The predicted molar refractivity (Wildman–Crippen MR) is 106 cm³/mol. The van der Waals surface area contributed by atoms with Crippen molar-refractivity contribution >= 4 is 17.7 Å². The third-order valence-electron chi connectivity index (χ3n) is 3.84. The third kappa shape index (κ3) is 7.22. The van der Waals surface area contributed by atoms with Gasteiger partial charge in [0, 0.05) is 12.3 Å². The summed E-state index contributed by atoms with van der Waals surface area (Å²) in [5.41, 5.74) is 3.72. The van der Waals surface area contributed by atoms with E-state index in [0.717, 1.165) is 24.3 Å². The first-order valence-corrected chi connectivity index (χ1v) is 9.95. The van der Waals surface area contributed by atoms with Crippen LogP contribution in [-0.2, 0) is 17.0 Å². The molecule has 0 aromatic heterocycles. The second-order valence-electron chi connectivity index (χ2n) is 5.97. The van der Waals surface area contributed by atoms with Crippen LogP contribution in [0.1, 0.15) is 30.0 Å². The summed E-state index contributed by atoms with van der Waals surface area (Å²) in [6, 6.07) is 16.6. The second kappa shape index (κ2) is 10.8. The molecule has 0 saturated heterocycles. The van der Waals surface area contributed by atoms with Crippen molar-refractivity contribution in [1.29, 1.82) is 0 Å². The van der Waals surface area contributed by atoms with E-state index in [1.54, 1.807) is 11.8 Å². The SMILES string of the molecule is CCOc1ccccc1CCCNC(=O)CSCc1ccc(C)cc1. The number of benzene rings is 2. The van der Waals surface area contributed by atoms with Crippen molar-refractivity contribution in [3.63, 3.8) is 0 Å². The maximum absolute atomic E-state index is 11.9. The molecule has 0 aliphatic carbocycles. The standard InChI is InChI=1S/C21H27NO2S/c1-3-24-20-9-5-4-7-19(20)8-6-14-22-21(23)16-25-15-18-12-10-17(2)11-13-18/h4-5,7,9-13H,3,6,8,14-16H2,1-2H3,(H,22,23). The smallest absolute Gasteiger partial charge is 0.230 e. The van der Waals surface area contributed by atoms with Gasteiger partial charge in [-0.25, -0.2) is 0 Å². The highest BCUT2D eigenvalue weighted by atomic mass is 32.2. The summed E-state index contributed by atoms with van der Waals surface area (Å²) in [6.07, 6.45) is 1.82. The topological polar surface area (TPSA) is 38.3 Å². The Balaban J connectivity index is 1.61.